The fourth-order valence-electron chi connectivity index (χ4n) is 2.92. The van der Waals surface area contributed by atoms with Crippen molar-refractivity contribution in [3.63, 3.8) is 0 Å². The Hall–Kier alpha value is -2.98. The lowest BCUT2D eigenvalue weighted by atomic mass is 10.0. The summed E-state index contributed by atoms with van der Waals surface area (Å²) in [6.45, 7) is 0.667. The number of pyridine rings is 1. The van der Waals surface area contributed by atoms with Gasteiger partial charge in [0.05, 0.1) is 0 Å². The van der Waals surface area contributed by atoms with Gasteiger partial charge in [-0.15, -0.1) is 0 Å². The molecular weight excluding hydrogens is 351 g/mol. The molecule has 1 aliphatic rings. The molecule has 2 heterocycles. The van der Waals surface area contributed by atoms with Crippen molar-refractivity contribution >= 4 is 23.2 Å². The van der Waals surface area contributed by atoms with E-state index in [-0.39, 0.29) is 24.1 Å². The molecule has 5 heteroatoms. The smallest absolute Gasteiger partial charge is 0.256 e. The van der Waals surface area contributed by atoms with E-state index in [4.69, 9.17) is 0 Å². The normalized spacial score (nSPS) is 13.9. The lowest BCUT2D eigenvalue weighted by Crippen LogP contribution is -3.00. The van der Waals surface area contributed by atoms with Crippen molar-refractivity contribution in [3.05, 3.63) is 95.6 Å². The fourth-order valence-corrected chi connectivity index (χ4v) is 2.92. The Labute approximate surface area is 157 Å². The standard InChI is InChI=1S/C21H15FN2O.ClH/c22-17-7-5-16(6-8-17)14-24-11-9-15(10-12-24)13-19-18-3-1-2-4-20(18)23-21(19)25;/h1-13H,14H2;1H. The molecule has 130 valence electrons. The molecular formula is C21H16ClFN2O. The number of halogens is 2. The largest absolute Gasteiger partial charge is 1.00 e. The fraction of sp³-hybridized carbons (Fsp3) is 0.0476. The SMILES string of the molecule is O=C1Nc2ccccc2/C1=C\c1cc[n+](Cc2ccc(F)cc2)cc1.[Cl-]. The van der Waals surface area contributed by atoms with Crippen molar-refractivity contribution < 1.29 is 26.2 Å². The minimum atomic E-state index is -0.231. The Morgan fingerprint density at radius 1 is 0.962 bits per heavy atom. The summed E-state index contributed by atoms with van der Waals surface area (Å²) in [5, 5.41) is 2.87. The number of fused-ring (bicyclic) bond motifs is 1. The number of benzene rings is 2. The van der Waals surface area contributed by atoms with E-state index in [0.29, 0.717) is 12.1 Å². The maximum atomic E-state index is 13.0. The maximum absolute atomic E-state index is 13.0. The van der Waals surface area contributed by atoms with Gasteiger partial charge < -0.3 is 17.7 Å². The minimum absolute atomic E-state index is 0. The second-order valence-corrected chi connectivity index (χ2v) is 5.99. The molecule has 26 heavy (non-hydrogen) atoms. The molecule has 0 unspecified atom stereocenters. The molecule has 0 saturated heterocycles. The van der Waals surface area contributed by atoms with Crippen molar-refractivity contribution in [1.29, 1.82) is 0 Å². The van der Waals surface area contributed by atoms with Crippen LogP contribution < -0.4 is 22.3 Å². The zero-order valence-corrected chi connectivity index (χ0v) is 14.6. The van der Waals surface area contributed by atoms with Crippen LogP contribution in [0.1, 0.15) is 16.7 Å². The van der Waals surface area contributed by atoms with Gasteiger partial charge in [-0.1, -0.05) is 18.2 Å². The first-order valence-corrected chi connectivity index (χ1v) is 8.05. The molecule has 0 saturated carbocycles. The summed E-state index contributed by atoms with van der Waals surface area (Å²) in [5.41, 5.74) is 4.43. The van der Waals surface area contributed by atoms with Gasteiger partial charge in [0, 0.05) is 34.5 Å². The molecule has 3 nitrogen and oxygen atoms in total. The van der Waals surface area contributed by atoms with Crippen molar-refractivity contribution in [1.82, 2.24) is 0 Å². The maximum Gasteiger partial charge on any atom is 0.256 e. The molecule has 1 amide bonds. The van der Waals surface area contributed by atoms with E-state index in [1.54, 1.807) is 12.1 Å². The number of nitrogens with one attached hydrogen (secondary N) is 1. The summed E-state index contributed by atoms with van der Waals surface area (Å²) in [7, 11) is 0. The number of anilines is 1. The lowest BCUT2D eigenvalue weighted by molar-refractivity contribution is -0.688. The third-order valence-corrected chi connectivity index (χ3v) is 4.22. The van der Waals surface area contributed by atoms with Crippen LogP contribution in [0.4, 0.5) is 10.1 Å². The minimum Gasteiger partial charge on any atom is -1.00 e. The first-order valence-electron chi connectivity index (χ1n) is 8.05. The van der Waals surface area contributed by atoms with E-state index in [9.17, 15) is 9.18 Å². The number of hydrogen-bond donors (Lipinski definition) is 1. The predicted octanol–water partition coefficient (Wildman–Crippen LogP) is 0.658. The highest BCUT2D eigenvalue weighted by molar-refractivity contribution is 6.34. The van der Waals surface area contributed by atoms with Crippen LogP contribution in [0.2, 0.25) is 0 Å². The topological polar surface area (TPSA) is 33.0 Å². The van der Waals surface area contributed by atoms with E-state index in [1.807, 2.05) is 59.4 Å². The van der Waals surface area contributed by atoms with Gasteiger partial charge in [0.2, 0.25) is 0 Å². The zero-order valence-electron chi connectivity index (χ0n) is 13.8. The third kappa shape index (κ3) is 3.65. The van der Waals surface area contributed by atoms with Crippen LogP contribution >= 0.6 is 0 Å². The van der Waals surface area contributed by atoms with E-state index in [1.165, 1.54) is 12.1 Å². The number of carbonyl (C=O) groups is 1. The van der Waals surface area contributed by atoms with Crippen LogP contribution in [0.3, 0.4) is 0 Å². The Balaban J connectivity index is 0.00000196. The van der Waals surface area contributed by atoms with E-state index in [2.05, 4.69) is 5.32 Å². The average molecular weight is 367 g/mol. The van der Waals surface area contributed by atoms with Gasteiger partial charge in [-0.25, -0.2) is 8.96 Å². The molecule has 0 bridgehead atoms. The summed E-state index contributed by atoms with van der Waals surface area (Å²) in [5.74, 6) is -0.310. The first kappa shape index (κ1) is 17.8. The van der Waals surface area contributed by atoms with Crippen molar-refractivity contribution in [2.75, 3.05) is 5.32 Å². The van der Waals surface area contributed by atoms with Crippen LogP contribution in [0.15, 0.2) is 73.1 Å². The number of nitrogens with zero attached hydrogens (tertiary/aromatic N) is 1. The number of hydrogen-bond acceptors (Lipinski definition) is 1. The summed E-state index contributed by atoms with van der Waals surface area (Å²) in [6.07, 6.45) is 5.80. The molecule has 0 fully saturated rings. The van der Waals surface area contributed by atoms with Crippen LogP contribution in [0.25, 0.3) is 11.6 Å². The van der Waals surface area contributed by atoms with Crippen LogP contribution in [0.5, 0.6) is 0 Å². The van der Waals surface area contributed by atoms with Crippen LogP contribution in [0, 0.1) is 5.82 Å². The van der Waals surface area contributed by atoms with Gasteiger partial charge in [0.15, 0.2) is 18.9 Å². The Bertz CT molecular complexity index is 966. The molecule has 3 aromatic rings. The highest BCUT2D eigenvalue weighted by Gasteiger charge is 2.23. The predicted molar refractivity (Wildman–Crippen MR) is 95.1 cm³/mol. The number of aromatic nitrogens is 1. The Morgan fingerprint density at radius 2 is 1.65 bits per heavy atom. The van der Waals surface area contributed by atoms with Gasteiger partial charge in [0.1, 0.15) is 5.82 Å². The van der Waals surface area contributed by atoms with Crippen LogP contribution in [-0.2, 0) is 11.3 Å². The zero-order chi connectivity index (χ0) is 17.2. The molecule has 1 aliphatic heterocycles. The van der Waals surface area contributed by atoms with Crippen molar-refractivity contribution in [2.24, 2.45) is 0 Å². The van der Waals surface area contributed by atoms with Gasteiger partial charge in [-0.2, -0.15) is 0 Å². The number of para-hydroxylation sites is 1. The lowest BCUT2D eigenvalue weighted by Gasteiger charge is -2.00. The second-order valence-electron chi connectivity index (χ2n) is 5.99. The molecule has 0 atom stereocenters. The van der Waals surface area contributed by atoms with Gasteiger partial charge in [0.25, 0.3) is 5.91 Å². The monoisotopic (exact) mass is 366 g/mol. The third-order valence-electron chi connectivity index (χ3n) is 4.22. The molecule has 1 aromatic heterocycles. The second kappa shape index (κ2) is 7.50. The quantitative estimate of drug-likeness (QED) is 0.536. The van der Waals surface area contributed by atoms with Gasteiger partial charge >= 0.3 is 0 Å². The highest BCUT2D eigenvalue weighted by Crippen LogP contribution is 2.32. The number of rotatable bonds is 3. The average Bonchev–Trinajstić information content (AvgIpc) is 2.94. The summed E-state index contributed by atoms with van der Waals surface area (Å²) in [6, 6.07) is 18.1. The first-order chi connectivity index (χ1) is 12.2. The molecule has 1 N–H and O–H groups in total. The molecule has 0 radical (unpaired) electrons. The molecule has 2 aromatic carbocycles. The molecule has 0 aliphatic carbocycles. The van der Waals surface area contributed by atoms with Crippen LogP contribution in [-0.4, -0.2) is 5.91 Å². The summed E-state index contributed by atoms with van der Waals surface area (Å²) >= 11 is 0. The Morgan fingerprint density at radius 3 is 2.38 bits per heavy atom. The van der Waals surface area contributed by atoms with Crippen molar-refractivity contribution in [3.8, 4) is 0 Å². The Kier molecular flexibility index (Phi) is 5.14. The highest BCUT2D eigenvalue weighted by atomic mass is 35.5. The van der Waals surface area contributed by atoms with E-state index >= 15 is 0 Å². The number of carbonyl (C=O) groups excluding carboxylic acids is 1. The summed E-state index contributed by atoms with van der Waals surface area (Å²) < 4.78 is 15.0. The summed E-state index contributed by atoms with van der Waals surface area (Å²) in [4.78, 5) is 12.2. The van der Waals surface area contributed by atoms with Gasteiger partial charge in [-0.3, -0.25) is 4.79 Å². The van der Waals surface area contributed by atoms with E-state index < -0.39 is 0 Å². The molecule has 4 rings (SSSR count). The van der Waals surface area contributed by atoms with Gasteiger partial charge in [-0.05, 0) is 42.0 Å². The van der Waals surface area contributed by atoms with Crippen molar-refractivity contribution in [2.45, 2.75) is 6.54 Å². The number of amides is 1. The van der Waals surface area contributed by atoms with E-state index in [0.717, 1.165) is 22.4 Å². The molecule has 0 spiro atoms.